The number of amides is 1. The smallest absolute Gasteiger partial charge is 0.242 e. The molecule has 3 rings (SSSR count). The van der Waals surface area contributed by atoms with E-state index >= 15 is 0 Å². The fourth-order valence-electron chi connectivity index (χ4n) is 3.60. The lowest BCUT2D eigenvalue weighted by Crippen LogP contribution is -2.54. The van der Waals surface area contributed by atoms with Gasteiger partial charge in [-0.15, -0.1) is 0 Å². The van der Waals surface area contributed by atoms with E-state index in [1.807, 2.05) is 20.8 Å². The number of rotatable bonds is 9. The number of anilines is 1. The van der Waals surface area contributed by atoms with E-state index in [0.29, 0.717) is 6.04 Å². The Bertz CT molecular complexity index is 787. The first-order chi connectivity index (χ1) is 13.8. The van der Waals surface area contributed by atoms with Crippen LogP contribution in [0.4, 0.5) is 5.82 Å². The number of carbonyl (C=O) groups excluding carboxylic acids is 1. The highest BCUT2D eigenvalue weighted by atomic mass is 32.2. The zero-order valence-electron chi connectivity index (χ0n) is 17.6. The average molecular weight is 424 g/mol. The lowest BCUT2D eigenvalue weighted by atomic mass is 10.2. The summed E-state index contributed by atoms with van der Waals surface area (Å²) in [6, 6.07) is 3.52. The van der Waals surface area contributed by atoms with E-state index in [2.05, 4.69) is 24.8 Å². The fraction of sp³-hybridized carbons (Fsp3) is 0.700. The van der Waals surface area contributed by atoms with Gasteiger partial charge in [0.25, 0.3) is 0 Å². The molecule has 0 bridgehead atoms. The van der Waals surface area contributed by atoms with Gasteiger partial charge in [0.05, 0.1) is 6.04 Å². The number of pyridine rings is 1. The molecule has 1 aromatic heterocycles. The highest BCUT2D eigenvalue weighted by Crippen LogP contribution is 2.20. The Kier molecular flexibility index (Phi) is 7.13. The summed E-state index contributed by atoms with van der Waals surface area (Å²) in [4.78, 5) is 21.1. The van der Waals surface area contributed by atoms with Gasteiger partial charge in [-0.2, -0.15) is 0 Å². The third-order valence-electron chi connectivity index (χ3n) is 5.60. The van der Waals surface area contributed by atoms with Crippen LogP contribution in [0.1, 0.15) is 46.5 Å². The molecule has 0 radical (unpaired) electrons. The molecular weight excluding hydrogens is 390 g/mol. The van der Waals surface area contributed by atoms with Gasteiger partial charge in [-0.05, 0) is 45.2 Å². The standard InChI is InChI=1S/C20H33N5O3S/c1-4-5-15(2)23-29(27,28)18-8-9-19(21-14-18)25-12-10-24(11-13-25)16(3)20(26)22-17-6-7-17/h8-9,14-17,23H,4-7,10-13H2,1-3H3,(H,22,26). The molecule has 2 atom stereocenters. The van der Waals surface area contributed by atoms with E-state index in [1.54, 1.807) is 12.1 Å². The van der Waals surface area contributed by atoms with E-state index in [1.165, 1.54) is 6.20 Å². The second kappa shape index (κ2) is 9.40. The molecule has 2 fully saturated rings. The van der Waals surface area contributed by atoms with Crippen LogP contribution < -0.4 is 14.9 Å². The number of nitrogens with one attached hydrogen (secondary N) is 2. The van der Waals surface area contributed by atoms with Gasteiger partial charge in [-0.3, -0.25) is 9.69 Å². The van der Waals surface area contributed by atoms with Crippen molar-refractivity contribution in [2.24, 2.45) is 0 Å². The summed E-state index contributed by atoms with van der Waals surface area (Å²) in [6.45, 7) is 8.92. The van der Waals surface area contributed by atoms with E-state index in [-0.39, 0.29) is 22.9 Å². The minimum Gasteiger partial charge on any atom is -0.354 e. The third kappa shape index (κ3) is 5.90. The van der Waals surface area contributed by atoms with Gasteiger partial charge in [0.15, 0.2) is 0 Å². The highest BCUT2D eigenvalue weighted by Gasteiger charge is 2.30. The summed E-state index contributed by atoms with van der Waals surface area (Å²) >= 11 is 0. The Hall–Kier alpha value is -1.71. The van der Waals surface area contributed by atoms with Gasteiger partial charge in [-0.25, -0.2) is 18.1 Å². The first-order valence-electron chi connectivity index (χ1n) is 10.6. The third-order valence-corrected chi connectivity index (χ3v) is 7.17. The number of aromatic nitrogens is 1. The summed E-state index contributed by atoms with van der Waals surface area (Å²) in [5, 5.41) is 3.07. The summed E-state index contributed by atoms with van der Waals surface area (Å²) < 4.78 is 27.6. The summed E-state index contributed by atoms with van der Waals surface area (Å²) in [5.41, 5.74) is 0. The van der Waals surface area contributed by atoms with Gasteiger partial charge in [0.1, 0.15) is 10.7 Å². The van der Waals surface area contributed by atoms with Crippen molar-refractivity contribution in [2.45, 2.75) is 69.5 Å². The predicted octanol–water partition coefficient (Wildman–Crippen LogP) is 1.34. The topological polar surface area (TPSA) is 94.6 Å². The van der Waals surface area contributed by atoms with Crippen LogP contribution in [0.25, 0.3) is 0 Å². The van der Waals surface area contributed by atoms with Gasteiger partial charge in [-0.1, -0.05) is 13.3 Å². The molecule has 1 saturated heterocycles. The van der Waals surface area contributed by atoms with Crippen molar-refractivity contribution in [3.05, 3.63) is 18.3 Å². The quantitative estimate of drug-likeness (QED) is 0.622. The van der Waals surface area contributed by atoms with Gasteiger partial charge >= 0.3 is 0 Å². The number of sulfonamides is 1. The molecule has 162 valence electrons. The number of hydrogen-bond acceptors (Lipinski definition) is 6. The second-order valence-electron chi connectivity index (χ2n) is 8.14. The summed E-state index contributed by atoms with van der Waals surface area (Å²) in [7, 11) is -3.55. The van der Waals surface area contributed by atoms with E-state index in [4.69, 9.17) is 0 Å². The van der Waals surface area contributed by atoms with Crippen LogP contribution in [-0.4, -0.2) is 68.5 Å². The molecule has 1 aromatic rings. The van der Waals surface area contributed by atoms with Crippen molar-refractivity contribution >= 4 is 21.7 Å². The molecular formula is C20H33N5O3S. The van der Waals surface area contributed by atoms with Gasteiger partial charge < -0.3 is 10.2 Å². The van der Waals surface area contributed by atoms with Gasteiger partial charge in [0.2, 0.25) is 15.9 Å². The molecule has 29 heavy (non-hydrogen) atoms. The summed E-state index contributed by atoms with van der Waals surface area (Å²) in [6.07, 6.45) is 5.33. The maximum atomic E-state index is 12.5. The lowest BCUT2D eigenvalue weighted by molar-refractivity contribution is -0.126. The largest absolute Gasteiger partial charge is 0.354 e. The Morgan fingerprint density at radius 2 is 1.90 bits per heavy atom. The van der Waals surface area contributed by atoms with Crippen LogP contribution in [0, 0.1) is 0 Å². The first kappa shape index (κ1) is 22.0. The number of nitrogens with zero attached hydrogens (tertiary/aromatic N) is 3. The Labute approximate surface area is 174 Å². The molecule has 0 aromatic carbocycles. The molecule has 0 spiro atoms. The monoisotopic (exact) mass is 423 g/mol. The Morgan fingerprint density at radius 3 is 2.45 bits per heavy atom. The molecule has 1 saturated carbocycles. The molecule has 2 aliphatic rings. The molecule has 2 N–H and O–H groups in total. The predicted molar refractivity (Wildman–Crippen MR) is 113 cm³/mol. The van der Waals surface area contributed by atoms with Crippen molar-refractivity contribution in [2.75, 3.05) is 31.1 Å². The van der Waals surface area contributed by atoms with Crippen molar-refractivity contribution in [1.82, 2.24) is 19.9 Å². The molecule has 1 amide bonds. The van der Waals surface area contributed by atoms with E-state index in [0.717, 1.165) is 57.7 Å². The lowest BCUT2D eigenvalue weighted by Gasteiger charge is -2.38. The van der Waals surface area contributed by atoms with Crippen LogP contribution >= 0.6 is 0 Å². The summed E-state index contributed by atoms with van der Waals surface area (Å²) in [5.74, 6) is 0.874. The van der Waals surface area contributed by atoms with Crippen LogP contribution in [0.3, 0.4) is 0 Å². The normalized spacial score (nSPS) is 20.3. The molecule has 1 aliphatic carbocycles. The van der Waals surface area contributed by atoms with Crippen LogP contribution in [0.2, 0.25) is 0 Å². The minimum absolute atomic E-state index is 0.100. The Morgan fingerprint density at radius 1 is 1.21 bits per heavy atom. The first-order valence-corrected chi connectivity index (χ1v) is 12.1. The molecule has 9 heteroatoms. The minimum atomic E-state index is -3.55. The average Bonchev–Trinajstić information content (AvgIpc) is 3.51. The number of hydrogen-bond donors (Lipinski definition) is 2. The maximum absolute atomic E-state index is 12.5. The van der Waals surface area contributed by atoms with Crippen molar-refractivity contribution in [3.8, 4) is 0 Å². The van der Waals surface area contributed by atoms with Crippen LogP contribution in [-0.2, 0) is 14.8 Å². The zero-order chi connectivity index (χ0) is 21.0. The van der Waals surface area contributed by atoms with Crippen molar-refractivity contribution < 1.29 is 13.2 Å². The maximum Gasteiger partial charge on any atom is 0.242 e. The van der Waals surface area contributed by atoms with Gasteiger partial charge in [0, 0.05) is 44.5 Å². The van der Waals surface area contributed by atoms with Crippen molar-refractivity contribution in [1.29, 1.82) is 0 Å². The van der Waals surface area contributed by atoms with E-state index in [9.17, 15) is 13.2 Å². The van der Waals surface area contributed by atoms with Crippen molar-refractivity contribution in [3.63, 3.8) is 0 Å². The van der Waals surface area contributed by atoms with Crippen LogP contribution in [0.15, 0.2) is 23.2 Å². The zero-order valence-corrected chi connectivity index (χ0v) is 18.4. The fourth-order valence-corrected chi connectivity index (χ4v) is 4.82. The number of piperazine rings is 1. The molecule has 2 unspecified atom stereocenters. The molecule has 8 nitrogen and oxygen atoms in total. The molecule has 1 aliphatic heterocycles. The SMILES string of the molecule is CCCC(C)NS(=O)(=O)c1ccc(N2CCN(C(C)C(=O)NC3CC3)CC2)nc1. The van der Waals surface area contributed by atoms with E-state index < -0.39 is 10.0 Å². The second-order valence-corrected chi connectivity index (χ2v) is 9.86. The molecule has 2 heterocycles. The number of carbonyl (C=O) groups is 1. The Balaban J connectivity index is 1.54. The highest BCUT2D eigenvalue weighted by molar-refractivity contribution is 7.89. The van der Waals surface area contributed by atoms with Crippen LogP contribution in [0.5, 0.6) is 0 Å².